The van der Waals surface area contributed by atoms with E-state index >= 15 is 0 Å². The molecule has 1 aromatic heterocycles. The predicted molar refractivity (Wildman–Crippen MR) is 99.1 cm³/mol. The summed E-state index contributed by atoms with van der Waals surface area (Å²) in [6, 6.07) is 15.8. The summed E-state index contributed by atoms with van der Waals surface area (Å²) >= 11 is 0. The molecule has 1 N–H and O–H groups in total. The zero-order chi connectivity index (χ0) is 18.0. The van der Waals surface area contributed by atoms with Crippen molar-refractivity contribution in [3.63, 3.8) is 0 Å². The third kappa shape index (κ3) is 3.50. The second kappa shape index (κ2) is 6.82. The van der Waals surface area contributed by atoms with E-state index in [1.165, 1.54) is 4.31 Å². The van der Waals surface area contributed by atoms with Crippen molar-refractivity contribution in [3.05, 3.63) is 66.4 Å². The van der Waals surface area contributed by atoms with Crippen LogP contribution in [0.3, 0.4) is 0 Å². The van der Waals surface area contributed by atoms with Crippen molar-refractivity contribution in [3.8, 4) is 0 Å². The van der Waals surface area contributed by atoms with Crippen LogP contribution in [0.1, 0.15) is 12.5 Å². The smallest absolute Gasteiger partial charge is 0.266 e. The molecule has 0 aliphatic carbocycles. The molecule has 1 heterocycles. The third-order valence-corrected chi connectivity index (χ3v) is 5.68. The molecule has 0 saturated carbocycles. The van der Waals surface area contributed by atoms with E-state index in [1.54, 1.807) is 49.5 Å². The summed E-state index contributed by atoms with van der Waals surface area (Å²) in [7, 11) is -3.88. The lowest BCUT2D eigenvalue weighted by Crippen LogP contribution is -2.36. The van der Waals surface area contributed by atoms with Crippen molar-refractivity contribution >= 4 is 26.6 Å². The van der Waals surface area contributed by atoms with Gasteiger partial charge in [0, 0.05) is 11.6 Å². The number of aliphatic hydroxyl groups excluding tert-OH is 1. The first-order valence-corrected chi connectivity index (χ1v) is 9.45. The van der Waals surface area contributed by atoms with Gasteiger partial charge in [0.15, 0.2) is 0 Å². The Morgan fingerprint density at radius 1 is 1.12 bits per heavy atom. The van der Waals surface area contributed by atoms with Gasteiger partial charge in [-0.1, -0.05) is 30.3 Å². The highest BCUT2D eigenvalue weighted by molar-refractivity contribution is 7.93. The van der Waals surface area contributed by atoms with Crippen LogP contribution in [0.25, 0.3) is 10.9 Å². The monoisotopic (exact) mass is 356 g/mol. The number of hydrogen-bond acceptors (Lipinski definition) is 4. The molecular weight excluding hydrogens is 336 g/mol. The normalized spacial score (nSPS) is 12.9. The molecule has 0 aliphatic heterocycles. The number of pyridine rings is 1. The maximum Gasteiger partial charge on any atom is 0.266 e. The molecule has 0 aliphatic rings. The van der Waals surface area contributed by atoms with Gasteiger partial charge in [-0.25, -0.2) is 8.42 Å². The van der Waals surface area contributed by atoms with Gasteiger partial charge in [-0.15, -0.1) is 0 Å². The summed E-state index contributed by atoms with van der Waals surface area (Å²) in [5, 5.41) is 10.6. The number of aliphatic hydroxyl groups is 1. The first kappa shape index (κ1) is 17.4. The molecule has 0 bridgehead atoms. The van der Waals surface area contributed by atoms with E-state index in [0.717, 1.165) is 10.9 Å². The van der Waals surface area contributed by atoms with Crippen molar-refractivity contribution in [1.29, 1.82) is 0 Å². The first-order valence-electron chi connectivity index (χ1n) is 8.01. The van der Waals surface area contributed by atoms with Gasteiger partial charge in [0.1, 0.15) is 4.90 Å². The van der Waals surface area contributed by atoms with Crippen LogP contribution in [-0.2, 0) is 10.0 Å². The molecule has 0 fully saturated rings. The van der Waals surface area contributed by atoms with Crippen LogP contribution in [0.2, 0.25) is 0 Å². The zero-order valence-corrected chi connectivity index (χ0v) is 14.9. The van der Waals surface area contributed by atoms with Crippen molar-refractivity contribution in [1.82, 2.24) is 4.98 Å². The van der Waals surface area contributed by atoms with Crippen LogP contribution in [0.4, 0.5) is 5.69 Å². The fourth-order valence-electron chi connectivity index (χ4n) is 2.75. The second-order valence-electron chi connectivity index (χ2n) is 6.06. The van der Waals surface area contributed by atoms with Crippen molar-refractivity contribution in [2.45, 2.75) is 24.8 Å². The minimum Gasteiger partial charge on any atom is -0.392 e. The standard InChI is InChI=1S/C19H20N2O3S/c1-14-11-16-7-6-10-18(19(16)20-12-14)25(23,24)21(13-15(2)22)17-8-4-3-5-9-17/h3-12,15,22H,13H2,1-2H3. The maximum absolute atomic E-state index is 13.3. The van der Waals surface area contributed by atoms with Crippen LogP contribution in [-0.4, -0.2) is 31.2 Å². The molecule has 1 atom stereocenters. The van der Waals surface area contributed by atoms with E-state index in [2.05, 4.69) is 4.98 Å². The molecule has 5 nitrogen and oxygen atoms in total. The molecule has 6 heteroatoms. The number of nitrogens with zero attached hydrogens (tertiary/aromatic N) is 2. The molecule has 1 unspecified atom stereocenters. The highest BCUT2D eigenvalue weighted by Gasteiger charge is 2.28. The molecular formula is C19H20N2O3S. The third-order valence-electron chi connectivity index (χ3n) is 3.85. The Bertz CT molecular complexity index is 986. The molecule has 0 radical (unpaired) electrons. The molecule has 25 heavy (non-hydrogen) atoms. The molecule has 0 saturated heterocycles. The van der Waals surface area contributed by atoms with Crippen molar-refractivity contribution < 1.29 is 13.5 Å². The Kier molecular flexibility index (Phi) is 4.74. The van der Waals surface area contributed by atoms with E-state index in [4.69, 9.17) is 0 Å². The lowest BCUT2D eigenvalue weighted by molar-refractivity contribution is 0.204. The molecule has 0 spiro atoms. The van der Waals surface area contributed by atoms with Gasteiger partial charge < -0.3 is 5.11 Å². The largest absolute Gasteiger partial charge is 0.392 e. The van der Waals surface area contributed by atoms with E-state index in [0.29, 0.717) is 11.2 Å². The second-order valence-corrected chi connectivity index (χ2v) is 7.89. The van der Waals surface area contributed by atoms with E-state index in [-0.39, 0.29) is 11.4 Å². The Hall–Kier alpha value is -2.44. The van der Waals surface area contributed by atoms with Gasteiger partial charge in [0.2, 0.25) is 0 Å². The highest BCUT2D eigenvalue weighted by Crippen LogP contribution is 2.28. The Labute approximate surface area is 147 Å². The van der Waals surface area contributed by atoms with Gasteiger partial charge in [0.25, 0.3) is 10.0 Å². The summed E-state index contributed by atoms with van der Waals surface area (Å²) in [4.78, 5) is 4.47. The van der Waals surface area contributed by atoms with Crippen LogP contribution < -0.4 is 4.31 Å². The molecule has 0 amide bonds. The molecule has 3 aromatic rings. The summed E-state index contributed by atoms with van der Waals surface area (Å²) in [5.74, 6) is 0. The Morgan fingerprint density at radius 3 is 2.52 bits per heavy atom. The predicted octanol–water partition coefficient (Wildman–Crippen LogP) is 3.12. The minimum atomic E-state index is -3.88. The number of fused-ring (bicyclic) bond motifs is 1. The number of para-hydroxylation sites is 2. The van der Waals surface area contributed by atoms with Gasteiger partial charge in [-0.05, 0) is 43.7 Å². The Morgan fingerprint density at radius 2 is 1.84 bits per heavy atom. The number of anilines is 1. The average Bonchev–Trinajstić information content (AvgIpc) is 2.59. The number of aryl methyl sites for hydroxylation is 1. The zero-order valence-electron chi connectivity index (χ0n) is 14.1. The van der Waals surface area contributed by atoms with E-state index in [9.17, 15) is 13.5 Å². The number of benzene rings is 2. The number of aromatic nitrogens is 1. The van der Waals surface area contributed by atoms with E-state index < -0.39 is 16.1 Å². The molecule has 3 rings (SSSR count). The SMILES string of the molecule is Cc1cnc2c(S(=O)(=O)N(CC(C)O)c3ccccc3)cccc2c1. The van der Waals surface area contributed by atoms with Gasteiger partial charge in [-0.2, -0.15) is 0 Å². The summed E-state index contributed by atoms with van der Waals surface area (Å²) < 4.78 is 27.9. The van der Waals surface area contributed by atoms with Crippen molar-refractivity contribution in [2.75, 3.05) is 10.8 Å². The van der Waals surface area contributed by atoms with Crippen LogP contribution in [0.5, 0.6) is 0 Å². The van der Waals surface area contributed by atoms with Crippen LogP contribution in [0.15, 0.2) is 65.7 Å². The lowest BCUT2D eigenvalue weighted by Gasteiger charge is -2.26. The van der Waals surface area contributed by atoms with Crippen LogP contribution >= 0.6 is 0 Å². The molecule has 2 aromatic carbocycles. The maximum atomic E-state index is 13.3. The quantitative estimate of drug-likeness (QED) is 0.762. The molecule has 130 valence electrons. The summed E-state index contributed by atoms with van der Waals surface area (Å²) in [5.41, 5.74) is 1.90. The Balaban J connectivity index is 2.19. The first-order chi connectivity index (χ1) is 11.9. The fourth-order valence-corrected chi connectivity index (χ4v) is 4.46. The van der Waals surface area contributed by atoms with Crippen molar-refractivity contribution in [2.24, 2.45) is 0 Å². The summed E-state index contributed by atoms with van der Waals surface area (Å²) in [6.07, 6.45) is 0.850. The average molecular weight is 356 g/mol. The minimum absolute atomic E-state index is 0.0331. The van der Waals surface area contributed by atoms with E-state index in [1.807, 2.05) is 25.1 Å². The number of rotatable bonds is 5. The topological polar surface area (TPSA) is 70.5 Å². The highest BCUT2D eigenvalue weighted by atomic mass is 32.2. The number of sulfonamides is 1. The van der Waals surface area contributed by atoms with Gasteiger partial charge in [-0.3, -0.25) is 9.29 Å². The lowest BCUT2D eigenvalue weighted by atomic mass is 10.2. The summed E-state index contributed by atoms with van der Waals surface area (Å²) in [6.45, 7) is 3.45. The van der Waals surface area contributed by atoms with Gasteiger partial charge >= 0.3 is 0 Å². The fraction of sp³-hybridized carbons (Fsp3) is 0.211. The van der Waals surface area contributed by atoms with Gasteiger partial charge in [0.05, 0.1) is 23.9 Å². The van der Waals surface area contributed by atoms with Crippen LogP contribution in [0, 0.1) is 6.92 Å². The number of hydrogen-bond donors (Lipinski definition) is 1.